The highest BCUT2D eigenvalue weighted by Gasteiger charge is 2.07. The van der Waals surface area contributed by atoms with Gasteiger partial charge in [-0.05, 0) is 30.1 Å². The molecule has 0 radical (unpaired) electrons. The van der Waals surface area contributed by atoms with E-state index in [0.29, 0.717) is 10.7 Å². The smallest absolute Gasteiger partial charge is 0.177 e. The van der Waals surface area contributed by atoms with Crippen molar-refractivity contribution in [3.8, 4) is 0 Å². The average molecular weight is 262 g/mol. The molecule has 0 aliphatic heterocycles. The Balaban J connectivity index is 2.04. The minimum atomic E-state index is 0.0207. The number of benzene rings is 1. The van der Waals surface area contributed by atoms with Crippen LogP contribution in [0.4, 0.5) is 0 Å². The van der Waals surface area contributed by atoms with Gasteiger partial charge in [-0.1, -0.05) is 37.3 Å². The highest BCUT2D eigenvalue weighted by molar-refractivity contribution is 7.71. The van der Waals surface area contributed by atoms with Crippen LogP contribution >= 0.6 is 12.2 Å². The van der Waals surface area contributed by atoms with E-state index in [2.05, 4.69) is 36.2 Å². The largest absolute Gasteiger partial charge is 0.390 e. The van der Waals surface area contributed by atoms with Crippen LogP contribution in [0.5, 0.6) is 0 Å². The highest BCUT2D eigenvalue weighted by Crippen LogP contribution is 2.19. The molecule has 0 bridgehead atoms. The molecule has 2 aromatic rings. The van der Waals surface area contributed by atoms with Crippen LogP contribution < -0.4 is 0 Å². The number of hydrogen-bond donors (Lipinski definition) is 2. The van der Waals surface area contributed by atoms with Crippen molar-refractivity contribution in [2.75, 3.05) is 0 Å². The van der Waals surface area contributed by atoms with Crippen molar-refractivity contribution in [2.45, 2.75) is 32.4 Å². The van der Waals surface area contributed by atoms with E-state index < -0.39 is 0 Å². The van der Waals surface area contributed by atoms with Crippen LogP contribution in [0.15, 0.2) is 36.5 Å². The van der Waals surface area contributed by atoms with Gasteiger partial charge in [0, 0.05) is 12.7 Å². The van der Waals surface area contributed by atoms with E-state index in [1.54, 1.807) is 6.20 Å². The van der Waals surface area contributed by atoms with Crippen LogP contribution in [-0.2, 0) is 13.2 Å². The van der Waals surface area contributed by atoms with Crippen molar-refractivity contribution in [2.24, 2.45) is 0 Å². The summed E-state index contributed by atoms with van der Waals surface area (Å²) in [7, 11) is 0. The van der Waals surface area contributed by atoms with Gasteiger partial charge in [0.15, 0.2) is 4.77 Å². The summed E-state index contributed by atoms with van der Waals surface area (Å²) in [5, 5.41) is 9.23. The first kappa shape index (κ1) is 13.1. The number of H-pyrrole nitrogens is 1. The molecular weight excluding hydrogens is 244 g/mol. The molecule has 0 amide bonds. The maximum Gasteiger partial charge on any atom is 0.177 e. The zero-order valence-corrected chi connectivity index (χ0v) is 11.3. The SMILES string of the molecule is CC(CCn1c(CO)c[nH]c1=S)c1ccccc1. The van der Waals surface area contributed by atoms with E-state index in [1.807, 2.05) is 10.6 Å². The van der Waals surface area contributed by atoms with E-state index in [1.165, 1.54) is 5.56 Å². The van der Waals surface area contributed by atoms with E-state index in [0.717, 1.165) is 18.7 Å². The summed E-state index contributed by atoms with van der Waals surface area (Å²) >= 11 is 5.20. The van der Waals surface area contributed by atoms with Gasteiger partial charge in [0.05, 0.1) is 12.3 Å². The van der Waals surface area contributed by atoms with Crippen molar-refractivity contribution >= 4 is 12.2 Å². The molecule has 0 saturated carbocycles. The molecule has 1 unspecified atom stereocenters. The molecule has 1 aromatic carbocycles. The summed E-state index contributed by atoms with van der Waals surface area (Å²) in [6.45, 7) is 3.06. The Kier molecular flexibility index (Phi) is 4.33. The van der Waals surface area contributed by atoms with Crippen LogP contribution in [0.1, 0.15) is 30.5 Å². The maximum atomic E-state index is 9.23. The fourth-order valence-electron chi connectivity index (χ4n) is 2.08. The standard InChI is InChI=1S/C14H18N2OS/c1-11(12-5-3-2-4-6-12)7-8-16-13(10-17)9-15-14(16)18/h2-6,9,11,17H,7-8,10H2,1H3,(H,15,18). The fourth-order valence-corrected chi connectivity index (χ4v) is 2.35. The predicted molar refractivity (Wildman–Crippen MR) is 75.0 cm³/mol. The second kappa shape index (κ2) is 5.98. The second-order valence-corrected chi connectivity index (χ2v) is 4.88. The number of aliphatic hydroxyl groups excluding tert-OH is 1. The molecule has 1 aromatic heterocycles. The van der Waals surface area contributed by atoms with Crippen LogP contribution in [-0.4, -0.2) is 14.7 Å². The monoisotopic (exact) mass is 262 g/mol. The third kappa shape index (κ3) is 2.89. The molecule has 0 saturated heterocycles. The quantitative estimate of drug-likeness (QED) is 0.812. The van der Waals surface area contributed by atoms with Gasteiger partial charge in [-0.25, -0.2) is 0 Å². The van der Waals surface area contributed by atoms with Crippen molar-refractivity contribution < 1.29 is 5.11 Å². The topological polar surface area (TPSA) is 41.0 Å². The molecule has 3 nitrogen and oxygen atoms in total. The summed E-state index contributed by atoms with van der Waals surface area (Å²) in [5.74, 6) is 0.481. The minimum absolute atomic E-state index is 0.0207. The third-order valence-corrected chi connectivity index (χ3v) is 3.61. The van der Waals surface area contributed by atoms with E-state index in [4.69, 9.17) is 12.2 Å². The summed E-state index contributed by atoms with van der Waals surface area (Å²) in [4.78, 5) is 2.97. The Hall–Kier alpha value is -1.39. The fraction of sp³-hybridized carbons (Fsp3) is 0.357. The molecule has 0 spiro atoms. The number of aromatic amines is 1. The van der Waals surface area contributed by atoms with E-state index in [9.17, 15) is 5.11 Å². The first-order valence-electron chi connectivity index (χ1n) is 6.15. The van der Waals surface area contributed by atoms with Crippen LogP contribution in [0.25, 0.3) is 0 Å². The van der Waals surface area contributed by atoms with Gasteiger partial charge in [-0.15, -0.1) is 0 Å². The molecule has 0 aliphatic carbocycles. The highest BCUT2D eigenvalue weighted by atomic mass is 32.1. The molecule has 1 atom stereocenters. The van der Waals surface area contributed by atoms with Crippen LogP contribution in [0.2, 0.25) is 0 Å². The molecule has 4 heteroatoms. The van der Waals surface area contributed by atoms with Crippen molar-refractivity contribution in [3.05, 3.63) is 52.6 Å². The first-order chi connectivity index (χ1) is 8.72. The molecule has 0 fully saturated rings. The number of aromatic nitrogens is 2. The Morgan fingerprint density at radius 1 is 1.33 bits per heavy atom. The number of hydrogen-bond acceptors (Lipinski definition) is 2. The van der Waals surface area contributed by atoms with Crippen molar-refractivity contribution in [1.29, 1.82) is 0 Å². The zero-order chi connectivity index (χ0) is 13.0. The van der Waals surface area contributed by atoms with Gasteiger partial charge >= 0.3 is 0 Å². The number of nitrogens with zero attached hydrogens (tertiary/aromatic N) is 1. The lowest BCUT2D eigenvalue weighted by atomic mass is 9.98. The Bertz CT molecular complexity index is 544. The summed E-state index contributed by atoms with van der Waals surface area (Å²) in [6, 6.07) is 10.4. The van der Waals surface area contributed by atoms with Crippen LogP contribution in [0, 0.1) is 4.77 Å². The zero-order valence-electron chi connectivity index (χ0n) is 10.5. The molecule has 1 heterocycles. The van der Waals surface area contributed by atoms with E-state index >= 15 is 0 Å². The lowest BCUT2D eigenvalue weighted by Gasteiger charge is -2.13. The third-order valence-electron chi connectivity index (χ3n) is 3.27. The van der Waals surface area contributed by atoms with Crippen LogP contribution in [0.3, 0.4) is 0 Å². The predicted octanol–water partition coefficient (Wildman–Crippen LogP) is 3.23. The Labute approximate surface area is 112 Å². The average Bonchev–Trinajstić information content (AvgIpc) is 2.77. The number of rotatable bonds is 5. The van der Waals surface area contributed by atoms with Crippen molar-refractivity contribution in [3.63, 3.8) is 0 Å². The molecule has 18 heavy (non-hydrogen) atoms. The Morgan fingerprint density at radius 3 is 2.72 bits per heavy atom. The minimum Gasteiger partial charge on any atom is -0.390 e. The van der Waals surface area contributed by atoms with Gasteiger partial charge < -0.3 is 14.7 Å². The van der Waals surface area contributed by atoms with Crippen molar-refractivity contribution in [1.82, 2.24) is 9.55 Å². The molecule has 2 N–H and O–H groups in total. The summed E-state index contributed by atoms with van der Waals surface area (Å²) in [6.07, 6.45) is 2.78. The van der Waals surface area contributed by atoms with Gasteiger partial charge in [0.1, 0.15) is 0 Å². The Morgan fingerprint density at radius 2 is 2.06 bits per heavy atom. The van der Waals surface area contributed by atoms with Gasteiger partial charge in [-0.2, -0.15) is 0 Å². The van der Waals surface area contributed by atoms with Gasteiger partial charge in [-0.3, -0.25) is 0 Å². The summed E-state index contributed by atoms with van der Waals surface area (Å²) < 4.78 is 2.65. The lowest BCUT2D eigenvalue weighted by molar-refractivity contribution is 0.269. The number of nitrogens with one attached hydrogen (secondary N) is 1. The normalized spacial score (nSPS) is 12.6. The van der Waals surface area contributed by atoms with E-state index in [-0.39, 0.29) is 6.61 Å². The molecule has 96 valence electrons. The number of imidazole rings is 1. The second-order valence-electron chi connectivity index (χ2n) is 4.50. The molecule has 0 aliphatic rings. The maximum absolute atomic E-state index is 9.23. The summed E-state index contributed by atoms with van der Waals surface area (Å²) in [5.41, 5.74) is 2.19. The molecule has 2 rings (SSSR count). The first-order valence-corrected chi connectivity index (χ1v) is 6.56. The number of aliphatic hydroxyl groups is 1. The molecular formula is C14H18N2OS. The van der Waals surface area contributed by atoms with Gasteiger partial charge in [0.25, 0.3) is 0 Å². The van der Waals surface area contributed by atoms with Gasteiger partial charge in [0.2, 0.25) is 0 Å². The lowest BCUT2D eigenvalue weighted by Crippen LogP contribution is -2.06.